The average Bonchev–Trinajstić information content (AvgIpc) is 3.00. The molecule has 6 aromatic rings. The van der Waals surface area contributed by atoms with Crippen molar-refractivity contribution in [2.24, 2.45) is 0 Å². The van der Waals surface area contributed by atoms with Gasteiger partial charge < -0.3 is 10.2 Å². The van der Waals surface area contributed by atoms with Gasteiger partial charge in [-0.3, -0.25) is 19.3 Å². The van der Waals surface area contributed by atoms with Crippen LogP contribution in [0.5, 0.6) is 0 Å². The molecule has 4 heterocycles. The first-order chi connectivity index (χ1) is 19.9. The molecule has 204 valence electrons. The molecule has 41 heavy (non-hydrogen) atoms. The number of hydrogen-bond acceptors (Lipinski definition) is 5. The molecule has 1 saturated heterocycles. The number of fused-ring (bicyclic) bond motifs is 4. The van der Waals surface area contributed by atoms with Gasteiger partial charge in [0.25, 0.3) is 5.56 Å². The van der Waals surface area contributed by atoms with Gasteiger partial charge in [0.2, 0.25) is 0 Å². The molecule has 1 N–H and O–H groups in total. The van der Waals surface area contributed by atoms with Crippen molar-refractivity contribution < 1.29 is 13.2 Å². The Labute approximate surface area is 232 Å². The highest BCUT2D eigenvalue weighted by Crippen LogP contribution is 2.39. The van der Waals surface area contributed by atoms with E-state index < -0.39 is 17.3 Å². The van der Waals surface area contributed by atoms with Crippen LogP contribution >= 0.6 is 0 Å². The Hall–Kier alpha value is -4.76. The summed E-state index contributed by atoms with van der Waals surface area (Å²) in [7, 11) is 0. The number of anilines is 1. The molecule has 9 heteroatoms. The van der Waals surface area contributed by atoms with Crippen LogP contribution in [0.4, 0.5) is 18.9 Å². The van der Waals surface area contributed by atoms with Gasteiger partial charge in [0, 0.05) is 78.2 Å². The van der Waals surface area contributed by atoms with Gasteiger partial charge in [-0.2, -0.15) is 13.2 Å². The summed E-state index contributed by atoms with van der Waals surface area (Å²) in [6, 6.07) is 20.9. The van der Waals surface area contributed by atoms with Crippen LogP contribution in [-0.2, 0) is 6.18 Å². The number of nitrogens with zero attached hydrogens (tertiary/aromatic N) is 4. The van der Waals surface area contributed by atoms with Crippen molar-refractivity contribution in [1.82, 2.24) is 19.9 Å². The van der Waals surface area contributed by atoms with Crippen LogP contribution in [-0.4, -0.2) is 40.7 Å². The molecule has 0 amide bonds. The van der Waals surface area contributed by atoms with Gasteiger partial charge in [-0.1, -0.05) is 30.3 Å². The Balaban J connectivity index is 1.48. The van der Waals surface area contributed by atoms with Crippen molar-refractivity contribution in [2.75, 3.05) is 31.1 Å². The van der Waals surface area contributed by atoms with E-state index in [-0.39, 0.29) is 11.4 Å². The number of pyridine rings is 3. The Kier molecular flexibility index (Phi) is 5.97. The van der Waals surface area contributed by atoms with Crippen LogP contribution in [0, 0.1) is 0 Å². The molecule has 0 radical (unpaired) electrons. The summed E-state index contributed by atoms with van der Waals surface area (Å²) in [5.41, 5.74) is 1.98. The zero-order valence-electron chi connectivity index (χ0n) is 21.8. The molecular formula is C32H24F3N5O. The number of aromatic nitrogens is 3. The monoisotopic (exact) mass is 551 g/mol. The lowest BCUT2D eigenvalue weighted by Gasteiger charge is -2.32. The van der Waals surface area contributed by atoms with Crippen LogP contribution < -0.4 is 15.8 Å². The van der Waals surface area contributed by atoms with E-state index in [2.05, 4.69) is 15.3 Å². The minimum atomic E-state index is -4.59. The van der Waals surface area contributed by atoms with E-state index in [1.54, 1.807) is 35.6 Å². The third kappa shape index (κ3) is 4.38. The minimum Gasteiger partial charge on any atom is -0.368 e. The molecule has 1 fully saturated rings. The fourth-order valence-electron chi connectivity index (χ4n) is 5.75. The van der Waals surface area contributed by atoms with Gasteiger partial charge in [0.05, 0.1) is 22.3 Å². The number of nitrogens with one attached hydrogen (secondary N) is 1. The molecule has 3 aromatic heterocycles. The summed E-state index contributed by atoms with van der Waals surface area (Å²) in [6.07, 6.45) is 0.644. The molecule has 0 aliphatic carbocycles. The maximum absolute atomic E-state index is 14.4. The van der Waals surface area contributed by atoms with E-state index in [9.17, 15) is 18.0 Å². The number of hydrogen-bond donors (Lipinski definition) is 1. The first kappa shape index (κ1) is 25.2. The molecule has 6 nitrogen and oxygen atoms in total. The summed E-state index contributed by atoms with van der Waals surface area (Å²) in [4.78, 5) is 24.1. The van der Waals surface area contributed by atoms with Gasteiger partial charge in [-0.15, -0.1) is 0 Å². The first-order valence-electron chi connectivity index (χ1n) is 13.3. The van der Waals surface area contributed by atoms with Gasteiger partial charge in [-0.25, -0.2) is 0 Å². The predicted octanol–water partition coefficient (Wildman–Crippen LogP) is 6.18. The molecular weight excluding hydrogens is 527 g/mol. The molecule has 0 bridgehead atoms. The zero-order chi connectivity index (χ0) is 28.1. The van der Waals surface area contributed by atoms with Gasteiger partial charge in [0.15, 0.2) is 0 Å². The van der Waals surface area contributed by atoms with E-state index in [1.807, 2.05) is 42.5 Å². The van der Waals surface area contributed by atoms with Crippen molar-refractivity contribution >= 4 is 38.3 Å². The van der Waals surface area contributed by atoms with Crippen LogP contribution in [0.2, 0.25) is 0 Å². The highest BCUT2D eigenvalue weighted by atomic mass is 19.4. The van der Waals surface area contributed by atoms with Gasteiger partial charge >= 0.3 is 6.18 Å². The standard InChI is InChI=1S/C32H24F3N5O/c33-32(34,35)27-16-23(7-9-29(27)39-13-11-36-12-14-39)40-30(41)10-6-22-18-38-28-8-5-20(15-25(28)31(22)40)26-19-37-17-21-3-1-2-4-24(21)26/h1-10,15-19,36H,11-14H2. The second-order valence-corrected chi connectivity index (χ2v) is 10.1. The lowest BCUT2D eigenvalue weighted by Crippen LogP contribution is -2.44. The topological polar surface area (TPSA) is 63.1 Å². The van der Waals surface area contributed by atoms with E-state index >= 15 is 0 Å². The maximum Gasteiger partial charge on any atom is 0.418 e. The highest BCUT2D eigenvalue weighted by molar-refractivity contribution is 6.07. The molecule has 7 rings (SSSR count). The van der Waals surface area contributed by atoms with E-state index in [0.717, 1.165) is 28.0 Å². The Morgan fingerprint density at radius 1 is 0.805 bits per heavy atom. The smallest absolute Gasteiger partial charge is 0.368 e. The number of halogens is 3. The van der Waals surface area contributed by atoms with E-state index in [4.69, 9.17) is 0 Å². The summed E-state index contributed by atoms with van der Waals surface area (Å²) in [6.45, 7) is 2.16. The SMILES string of the molecule is O=c1ccc2cnc3ccc(-c4cncc5ccccc45)cc3c2n1-c1ccc(N2CCNCC2)c(C(F)(F)F)c1. The Bertz CT molecular complexity index is 2010. The molecule has 1 aliphatic heterocycles. The zero-order valence-corrected chi connectivity index (χ0v) is 21.8. The third-order valence-electron chi connectivity index (χ3n) is 7.70. The summed E-state index contributed by atoms with van der Waals surface area (Å²) < 4.78 is 44.5. The summed E-state index contributed by atoms with van der Waals surface area (Å²) >= 11 is 0. The summed E-state index contributed by atoms with van der Waals surface area (Å²) in [5, 5.41) is 6.48. The van der Waals surface area contributed by atoms with E-state index in [1.165, 1.54) is 16.7 Å². The number of rotatable bonds is 3. The van der Waals surface area contributed by atoms with Crippen LogP contribution in [0.3, 0.4) is 0 Å². The number of alkyl halides is 3. The van der Waals surface area contributed by atoms with Crippen molar-refractivity contribution in [3.63, 3.8) is 0 Å². The van der Waals surface area contributed by atoms with Crippen molar-refractivity contribution in [3.8, 4) is 16.8 Å². The fourth-order valence-corrected chi connectivity index (χ4v) is 5.75. The average molecular weight is 552 g/mol. The third-order valence-corrected chi connectivity index (χ3v) is 7.70. The second-order valence-electron chi connectivity index (χ2n) is 10.1. The second kappa shape index (κ2) is 9.71. The molecule has 0 saturated carbocycles. The fraction of sp³-hybridized carbons (Fsp3) is 0.156. The number of benzene rings is 3. The minimum absolute atomic E-state index is 0.119. The van der Waals surface area contributed by atoms with Crippen molar-refractivity contribution in [1.29, 1.82) is 0 Å². The van der Waals surface area contributed by atoms with Crippen molar-refractivity contribution in [2.45, 2.75) is 6.18 Å². The summed E-state index contributed by atoms with van der Waals surface area (Å²) in [5.74, 6) is 0. The first-order valence-corrected chi connectivity index (χ1v) is 13.3. The van der Waals surface area contributed by atoms with Crippen LogP contribution in [0.25, 0.3) is 49.4 Å². The molecule has 1 aliphatic rings. The van der Waals surface area contributed by atoms with E-state index in [0.29, 0.717) is 48.0 Å². The molecule has 3 aromatic carbocycles. The normalized spacial score (nSPS) is 14.3. The molecule has 0 unspecified atom stereocenters. The number of piperazine rings is 1. The largest absolute Gasteiger partial charge is 0.418 e. The predicted molar refractivity (Wildman–Crippen MR) is 156 cm³/mol. The lowest BCUT2D eigenvalue weighted by atomic mass is 9.98. The highest BCUT2D eigenvalue weighted by Gasteiger charge is 2.36. The maximum atomic E-state index is 14.4. The van der Waals surface area contributed by atoms with Crippen molar-refractivity contribution in [3.05, 3.63) is 107 Å². The van der Waals surface area contributed by atoms with Crippen LogP contribution in [0.1, 0.15) is 5.56 Å². The Morgan fingerprint density at radius 2 is 1.63 bits per heavy atom. The molecule has 0 spiro atoms. The van der Waals surface area contributed by atoms with Gasteiger partial charge in [0.1, 0.15) is 0 Å². The lowest BCUT2D eigenvalue weighted by molar-refractivity contribution is -0.137. The molecule has 0 atom stereocenters. The van der Waals surface area contributed by atoms with Gasteiger partial charge in [-0.05, 0) is 47.3 Å². The Morgan fingerprint density at radius 3 is 2.46 bits per heavy atom. The quantitative estimate of drug-likeness (QED) is 0.266. The van der Waals surface area contributed by atoms with Crippen LogP contribution in [0.15, 0.2) is 96.2 Å².